The molecule has 0 radical (unpaired) electrons. The summed E-state index contributed by atoms with van der Waals surface area (Å²) in [4.78, 5) is 22.0. The average molecular weight is 388 g/mol. The van der Waals surface area contributed by atoms with Crippen molar-refractivity contribution in [3.05, 3.63) is 46.0 Å². The Labute approximate surface area is 150 Å². The molecule has 0 atom stereocenters. The number of nitrogens with zero attached hydrogens (tertiary/aromatic N) is 2. The zero-order valence-corrected chi connectivity index (χ0v) is 14.9. The lowest BCUT2D eigenvalue weighted by Crippen LogP contribution is -2.43. The molecule has 1 saturated heterocycles. The van der Waals surface area contributed by atoms with E-state index >= 15 is 0 Å². The van der Waals surface area contributed by atoms with E-state index in [1.54, 1.807) is 6.08 Å². The molecule has 0 bridgehead atoms. The topological polar surface area (TPSA) is 110 Å². The monoisotopic (exact) mass is 387 g/mol. The van der Waals surface area contributed by atoms with Crippen LogP contribution in [-0.4, -0.2) is 43.2 Å². The molecule has 1 aromatic rings. The standard InChI is InChI=1S/C15H18ClN3O5S/c1-2-7-17-15(20)11-5-8-18(9-6-11)25(23,24)12-3-4-13(16)14(10-12)19(21)22/h2-4,10-11H,1,5-9H2,(H,17,20). The van der Waals surface area contributed by atoms with Crippen LogP contribution in [0.3, 0.4) is 0 Å². The van der Waals surface area contributed by atoms with Gasteiger partial charge in [-0.2, -0.15) is 4.31 Å². The number of sulfonamides is 1. The van der Waals surface area contributed by atoms with Crippen molar-refractivity contribution < 1.29 is 18.1 Å². The van der Waals surface area contributed by atoms with Crippen LogP contribution < -0.4 is 5.32 Å². The lowest BCUT2D eigenvalue weighted by atomic mass is 9.97. The van der Waals surface area contributed by atoms with Gasteiger partial charge in [0.05, 0.1) is 9.82 Å². The molecule has 1 fully saturated rings. The van der Waals surface area contributed by atoms with E-state index in [9.17, 15) is 23.3 Å². The van der Waals surface area contributed by atoms with Gasteiger partial charge in [0, 0.05) is 31.6 Å². The molecular weight excluding hydrogens is 370 g/mol. The van der Waals surface area contributed by atoms with Crippen molar-refractivity contribution in [3.8, 4) is 0 Å². The molecule has 136 valence electrons. The van der Waals surface area contributed by atoms with Crippen LogP contribution in [0.4, 0.5) is 5.69 Å². The Bertz CT molecular complexity index is 788. The van der Waals surface area contributed by atoms with Gasteiger partial charge in [0.2, 0.25) is 15.9 Å². The first-order valence-electron chi connectivity index (χ1n) is 7.60. The van der Waals surface area contributed by atoms with Gasteiger partial charge >= 0.3 is 0 Å². The van der Waals surface area contributed by atoms with Crippen molar-refractivity contribution in [3.63, 3.8) is 0 Å². The van der Waals surface area contributed by atoms with Crippen LogP contribution in [-0.2, 0) is 14.8 Å². The summed E-state index contributed by atoms with van der Waals surface area (Å²) in [5, 5.41) is 13.5. The Morgan fingerprint density at radius 2 is 2.08 bits per heavy atom. The van der Waals surface area contributed by atoms with Crippen LogP contribution in [0.1, 0.15) is 12.8 Å². The molecule has 2 rings (SSSR count). The van der Waals surface area contributed by atoms with Gasteiger partial charge in [-0.1, -0.05) is 17.7 Å². The second-order valence-corrected chi connectivity index (χ2v) is 7.93. The first-order chi connectivity index (χ1) is 11.8. The third-order valence-electron chi connectivity index (χ3n) is 4.00. The molecule has 0 aliphatic carbocycles. The summed E-state index contributed by atoms with van der Waals surface area (Å²) in [6.07, 6.45) is 2.35. The summed E-state index contributed by atoms with van der Waals surface area (Å²) >= 11 is 5.72. The molecule has 1 aliphatic heterocycles. The molecule has 0 spiro atoms. The summed E-state index contributed by atoms with van der Waals surface area (Å²) in [5.41, 5.74) is -0.457. The lowest BCUT2D eigenvalue weighted by molar-refractivity contribution is -0.384. The number of carbonyl (C=O) groups is 1. The number of amides is 1. The van der Waals surface area contributed by atoms with Crippen molar-refractivity contribution in [2.24, 2.45) is 5.92 Å². The smallest absolute Gasteiger partial charge is 0.289 e. The van der Waals surface area contributed by atoms with E-state index in [0.29, 0.717) is 19.4 Å². The minimum absolute atomic E-state index is 0.124. The SMILES string of the molecule is C=CCNC(=O)C1CCN(S(=O)(=O)c2ccc(Cl)c([N+](=O)[O-])c2)CC1. The van der Waals surface area contributed by atoms with Crippen LogP contribution in [0.15, 0.2) is 35.7 Å². The highest BCUT2D eigenvalue weighted by Crippen LogP contribution is 2.30. The number of nitro groups is 1. The van der Waals surface area contributed by atoms with E-state index in [2.05, 4.69) is 11.9 Å². The zero-order valence-electron chi connectivity index (χ0n) is 13.4. The first kappa shape index (κ1) is 19.4. The van der Waals surface area contributed by atoms with Gasteiger partial charge in [0.25, 0.3) is 5.69 Å². The Hall–Kier alpha value is -1.97. The fourth-order valence-electron chi connectivity index (χ4n) is 2.62. The molecular formula is C15H18ClN3O5S. The predicted octanol–water partition coefficient (Wildman–Crippen LogP) is 1.95. The minimum atomic E-state index is -3.88. The summed E-state index contributed by atoms with van der Waals surface area (Å²) < 4.78 is 26.6. The van der Waals surface area contributed by atoms with Gasteiger partial charge in [-0.05, 0) is 25.0 Å². The molecule has 1 N–H and O–H groups in total. The number of rotatable bonds is 6. The largest absolute Gasteiger partial charge is 0.352 e. The van der Waals surface area contributed by atoms with Gasteiger partial charge in [-0.25, -0.2) is 8.42 Å². The number of piperidine rings is 1. The molecule has 8 nitrogen and oxygen atoms in total. The van der Waals surface area contributed by atoms with E-state index in [1.165, 1.54) is 16.4 Å². The van der Waals surface area contributed by atoms with Gasteiger partial charge in [0.15, 0.2) is 0 Å². The van der Waals surface area contributed by atoms with Crippen LogP contribution in [0.5, 0.6) is 0 Å². The molecule has 1 aliphatic rings. The lowest BCUT2D eigenvalue weighted by Gasteiger charge is -2.30. The van der Waals surface area contributed by atoms with Crippen molar-refractivity contribution in [1.82, 2.24) is 9.62 Å². The maximum absolute atomic E-state index is 12.7. The summed E-state index contributed by atoms with van der Waals surface area (Å²) in [5.74, 6) is -0.384. The maximum Gasteiger partial charge on any atom is 0.289 e. The third kappa shape index (κ3) is 4.36. The number of hydrogen-bond donors (Lipinski definition) is 1. The number of carbonyl (C=O) groups excluding carboxylic acids is 1. The third-order valence-corrected chi connectivity index (χ3v) is 6.21. The van der Waals surface area contributed by atoms with Crippen molar-refractivity contribution in [1.29, 1.82) is 0 Å². The van der Waals surface area contributed by atoms with Gasteiger partial charge < -0.3 is 5.32 Å². The van der Waals surface area contributed by atoms with Crippen molar-refractivity contribution in [2.45, 2.75) is 17.7 Å². The molecule has 0 unspecified atom stereocenters. The highest BCUT2D eigenvalue weighted by Gasteiger charge is 2.33. The first-order valence-corrected chi connectivity index (χ1v) is 9.42. The van der Waals surface area contributed by atoms with Crippen LogP contribution in [0.25, 0.3) is 0 Å². The summed E-state index contributed by atoms with van der Waals surface area (Å²) in [6, 6.07) is 3.40. The molecule has 1 amide bonds. The van der Waals surface area contributed by atoms with E-state index in [-0.39, 0.29) is 34.8 Å². The van der Waals surface area contributed by atoms with E-state index in [1.807, 2.05) is 0 Å². The van der Waals surface area contributed by atoms with Gasteiger partial charge in [-0.15, -0.1) is 6.58 Å². The van der Waals surface area contributed by atoms with Crippen LogP contribution in [0, 0.1) is 16.0 Å². The number of nitro benzene ring substituents is 1. The second kappa shape index (κ2) is 7.94. The Kier molecular flexibility index (Phi) is 6.15. The van der Waals surface area contributed by atoms with Crippen molar-refractivity contribution >= 4 is 33.2 Å². The molecule has 1 aromatic carbocycles. The van der Waals surface area contributed by atoms with Crippen molar-refractivity contribution in [2.75, 3.05) is 19.6 Å². The zero-order chi connectivity index (χ0) is 18.6. The van der Waals surface area contributed by atoms with E-state index in [4.69, 9.17) is 11.6 Å². The Morgan fingerprint density at radius 3 is 2.64 bits per heavy atom. The maximum atomic E-state index is 12.7. The number of halogens is 1. The normalized spacial score (nSPS) is 16.4. The fraction of sp³-hybridized carbons (Fsp3) is 0.400. The Balaban J connectivity index is 2.12. The molecule has 10 heteroatoms. The predicted molar refractivity (Wildman–Crippen MR) is 92.8 cm³/mol. The molecule has 0 aromatic heterocycles. The van der Waals surface area contributed by atoms with Crippen LogP contribution in [0.2, 0.25) is 5.02 Å². The quantitative estimate of drug-likeness (QED) is 0.455. The average Bonchev–Trinajstić information content (AvgIpc) is 2.59. The highest BCUT2D eigenvalue weighted by atomic mass is 35.5. The number of nitrogens with one attached hydrogen (secondary N) is 1. The van der Waals surface area contributed by atoms with Gasteiger partial charge in [-0.3, -0.25) is 14.9 Å². The van der Waals surface area contributed by atoms with Gasteiger partial charge in [0.1, 0.15) is 5.02 Å². The number of hydrogen-bond acceptors (Lipinski definition) is 5. The molecule has 0 saturated carbocycles. The van der Waals surface area contributed by atoms with E-state index in [0.717, 1.165) is 6.07 Å². The number of benzene rings is 1. The second-order valence-electron chi connectivity index (χ2n) is 5.58. The molecule has 25 heavy (non-hydrogen) atoms. The Morgan fingerprint density at radius 1 is 1.44 bits per heavy atom. The van der Waals surface area contributed by atoms with E-state index < -0.39 is 20.6 Å². The fourth-order valence-corrected chi connectivity index (χ4v) is 4.29. The molecule has 1 heterocycles. The summed E-state index contributed by atoms with van der Waals surface area (Å²) in [6.45, 7) is 4.23. The minimum Gasteiger partial charge on any atom is -0.352 e. The summed E-state index contributed by atoms with van der Waals surface area (Å²) in [7, 11) is -3.88. The highest BCUT2D eigenvalue weighted by molar-refractivity contribution is 7.89. The van der Waals surface area contributed by atoms with Crippen LogP contribution >= 0.6 is 11.6 Å².